The molecule has 1 rings (SSSR count). The van der Waals surface area contributed by atoms with E-state index in [2.05, 4.69) is 30.2 Å². The Bertz CT molecular complexity index is 272. The molecule has 80 valence electrons. The minimum absolute atomic E-state index is 0.438. The van der Waals surface area contributed by atoms with Crippen molar-refractivity contribution in [3.8, 4) is 0 Å². The van der Waals surface area contributed by atoms with Crippen LogP contribution in [-0.4, -0.2) is 40.2 Å². The monoisotopic (exact) mass is 215 g/mol. The van der Waals surface area contributed by atoms with E-state index in [0.29, 0.717) is 11.9 Å². The normalized spacial score (nSPS) is 13.5. The quantitative estimate of drug-likeness (QED) is 0.695. The number of rotatable bonds is 5. The van der Waals surface area contributed by atoms with E-state index in [-0.39, 0.29) is 0 Å². The number of aryl methyl sites for hydroxylation is 1. The summed E-state index contributed by atoms with van der Waals surface area (Å²) in [4.78, 5) is 2.26. The van der Waals surface area contributed by atoms with Crippen LogP contribution in [0.4, 0.5) is 0 Å². The molecule has 1 aromatic rings. The zero-order chi connectivity index (χ0) is 10.6. The number of likely N-dealkylation sites (N-methyl/N-ethyl adjacent to an activating group) is 1. The van der Waals surface area contributed by atoms with Crippen molar-refractivity contribution in [3.05, 3.63) is 18.0 Å². The van der Waals surface area contributed by atoms with Crippen LogP contribution >= 0.6 is 11.6 Å². The lowest BCUT2D eigenvalue weighted by Gasteiger charge is -2.22. The molecule has 0 N–H and O–H groups in total. The summed E-state index contributed by atoms with van der Waals surface area (Å²) in [6, 6.07) is 0.438. The Morgan fingerprint density at radius 1 is 1.64 bits per heavy atom. The second-order valence-corrected chi connectivity index (χ2v) is 4.06. The Labute approximate surface area is 90.7 Å². The molecule has 0 saturated heterocycles. The van der Waals surface area contributed by atoms with Gasteiger partial charge in [0.25, 0.3) is 0 Å². The van der Waals surface area contributed by atoms with Gasteiger partial charge in [-0.05, 0) is 26.0 Å². The molecule has 1 unspecified atom stereocenters. The van der Waals surface area contributed by atoms with Crippen LogP contribution in [0.5, 0.6) is 0 Å². The molecule has 14 heavy (non-hydrogen) atoms. The highest BCUT2D eigenvalue weighted by Gasteiger charge is 2.07. The van der Waals surface area contributed by atoms with Gasteiger partial charge in [-0.25, -0.2) is 0 Å². The number of hydrogen-bond acceptors (Lipinski definition) is 2. The molecule has 1 atom stereocenters. The standard InChI is InChI=1S/C10H18ClN3/c1-9(6-11)13(2)5-4-10-7-12-14(3)8-10/h7-9H,4-6H2,1-3H3. The van der Waals surface area contributed by atoms with Crippen LogP contribution in [0.15, 0.2) is 12.4 Å². The number of alkyl halides is 1. The van der Waals surface area contributed by atoms with Crippen LogP contribution in [0.1, 0.15) is 12.5 Å². The molecule has 0 aliphatic heterocycles. The SMILES string of the molecule is CC(CCl)N(C)CCc1cnn(C)c1. The molecular weight excluding hydrogens is 198 g/mol. The van der Waals surface area contributed by atoms with Crippen molar-refractivity contribution >= 4 is 11.6 Å². The van der Waals surface area contributed by atoms with Crippen molar-refractivity contribution in [1.29, 1.82) is 0 Å². The summed E-state index contributed by atoms with van der Waals surface area (Å²) in [5.74, 6) is 0.684. The Hall–Kier alpha value is -0.540. The van der Waals surface area contributed by atoms with Crippen molar-refractivity contribution in [2.24, 2.45) is 7.05 Å². The first-order valence-corrected chi connectivity index (χ1v) is 5.40. The van der Waals surface area contributed by atoms with E-state index in [1.54, 1.807) is 0 Å². The van der Waals surface area contributed by atoms with Gasteiger partial charge in [0.05, 0.1) is 6.20 Å². The van der Waals surface area contributed by atoms with Crippen molar-refractivity contribution in [1.82, 2.24) is 14.7 Å². The van der Waals surface area contributed by atoms with E-state index < -0.39 is 0 Å². The number of nitrogens with zero attached hydrogens (tertiary/aromatic N) is 3. The average molecular weight is 216 g/mol. The van der Waals surface area contributed by atoms with Gasteiger partial charge in [-0.15, -0.1) is 11.6 Å². The number of hydrogen-bond donors (Lipinski definition) is 0. The third-order valence-electron chi connectivity index (χ3n) is 2.49. The maximum Gasteiger partial charge on any atom is 0.0522 e. The predicted molar refractivity (Wildman–Crippen MR) is 59.7 cm³/mol. The lowest BCUT2D eigenvalue weighted by atomic mass is 10.2. The Morgan fingerprint density at radius 2 is 2.36 bits per heavy atom. The number of halogens is 1. The fourth-order valence-electron chi connectivity index (χ4n) is 1.24. The molecule has 0 aromatic carbocycles. The van der Waals surface area contributed by atoms with Crippen LogP contribution in [0, 0.1) is 0 Å². The van der Waals surface area contributed by atoms with E-state index >= 15 is 0 Å². The summed E-state index contributed by atoms with van der Waals surface area (Å²) in [7, 11) is 4.04. The Kier molecular flexibility index (Phi) is 4.42. The topological polar surface area (TPSA) is 21.1 Å². The van der Waals surface area contributed by atoms with Gasteiger partial charge in [-0.2, -0.15) is 5.10 Å². The fraction of sp³-hybridized carbons (Fsp3) is 0.700. The van der Waals surface area contributed by atoms with Crippen molar-refractivity contribution in [2.45, 2.75) is 19.4 Å². The van der Waals surface area contributed by atoms with Crippen LogP contribution in [-0.2, 0) is 13.5 Å². The Balaban J connectivity index is 2.33. The third kappa shape index (κ3) is 3.31. The van der Waals surface area contributed by atoms with E-state index in [4.69, 9.17) is 11.6 Å². The van der Waals surface area contributed by atoms with E-state index in [1.807, 2.05) is 17.9 Å². The average Bonchev–Trinajstić information content (AvgIpc) is 2.59. The van der Waals surface area contributed by atoms with Crippen LogP contribution in [0.25, 0.3) is 0 Å². The highest BCUT2D eigenvalue weighted by atomic mass is 35.5. The molecule has 0 aliphatic rings. The van der Waals surface area contributed by atoms with Gasteiger partial charge in [-0.1, -0.05) is 0 Å². The molecule has 0 aliphatic carbocycles. The Morgan fingerprint density at radius 3 is 2.86 bits per heavy atom. The highest BCUT2D eigenvalue weighted by molar-refractivity contribution is 6.18. The van der Waals surface area contributed by atoms with Crippen molar-refractivity contribution in [3.63, 3.8) is 0 Å². The maximum atomic E-state index is 5.77. The minimum Gasteiger partial charge on any atom is -0.302 e. The first kappa shape index (κ1) is 11.5. The first-order valence-electron chi connectivity index (χ1n) is 4.87. The molecule has 0 bridgehead atoms. The summed E-state index contributed by atoms with van der Waals surface area (Å²) >= 11 is 5.77. The van der Waals surface area contributed by atoms with Gasteiger partial charge in [0.1, 0.15) is 0 Å². The lowest BCUT2D eigenvalue weighted by Crippen LogP contribution is -2.32. The van der Waals surface area contributed by atoms with E-state index in [0.717, 1.165) is 13.0 Å². The zero-order valence-corrected chi connectivity index (χ0v) is 9.83. The van der Waals surface area contributed by atoms with Gasteiger partial charge >= 0.3 is 0 Å². The minimum atomic E-state index is 0.438. The molecule has 3 nitrogen and oxygen atoms in total. The smallest absolute Gasteiger partial charge is 0.0522 e. The maximum absolute atomic E-state index is 5.77. The molecular formula is C10H18ClN3. The number of aromatic nitrogens is 2. The summed E-state index contributed by atoms with van der Waals surface area (Å²) in [5.41, 5.74) is 1.28. The summed E-state index contributed by atoms with van der Waals surface area (Å²) < 4.78 is 1.83. The van der Waals surface area contributed by atoms with E-state index in [9.17, 15) is 0 Å². The van der Waals surface area contributed by atoms with Gasteiger partial charge < -0.3 is 4.90 Å². The summed E-state index contributed by atoms with van der Waals surface area (Å²) in [5, 5.41) is 4.13. The fourth-order valence-corrected chi connectivity index (χ4v) is 1.48. The molecule has 1 heterocycles. The molecule has 0 fully saturated rings. The third-order valence-corrected chi connectivity index (χ3v) is 2.93. The predicted octanol–water partition coefficient (Wildman–Crippen LogP) is 1.52. The summed E-state index contributed by atoms with van der Waals surface area (Å²) in [6.07, 6.45) is 5.00. The van der Waals surface area contributed by atoms with Crippen LogP contribution < -0.4 is 0 Å². The second-order valence-electron chi connectivity index (χ2n) is 3.76. The zero-order valence-electron chi connectivity index (χ0n) is 9.07. The molecule has 0 amide bonds. The second kappa shape index (κ2) is 5.37. The molecule has 4 heteroatoms. The van der Waals surface area contributed by atoms with Crippen molar-refractivity contribution in [2.75, 3.05) is 19.5 Å². The summed E-state index contributed by atoms with van der Waals surface area (Å²) in [6.45, 7) is 3.16. The first-order chi connectivity index (χ1) is 6.63. The van der Waals surface area contributed by atoms with Gasteiger partial charge in [0, 0.05) is 31.7 Å². The van der Waals surface area contributed by atoms with E-state index in [1.165, 1.54) is 5.56 Å². The molecule has 0 spiro atoms. The molecule has 0 saturated carbocycles. The largest absolute Gasteiger partial charge is 0.302 e. The van der Waals surface area contributed by atoms with Gasteiger partial charge in [0.2, 0.25) is 0 Å². The van der Waals surface area contributed by atoms with Crippen LogP contribution in [0.2, 0.25) is 0 Å². The van der Waals surface area contributed by atoms with Crippen LogP contribution in [0.3, 0.4) is 0 Å². The lowest BCUT2D eigenvalue weighted by molar-refractivity contribution is 0.280. The molecule has 1 aromatic heterocycles. The molecule has 0 radical (unpaired) electrons. The van der Waals surface area contributed by atoms with Gasteiger partial charge in [0.15, 0.2) is 0 Å². The van der Waals surface area contributed by atoms with Gasteiger partial charge in [-0.3, -0.25) is 4.68 Å². The van der Waals surface area contributed by atoms with Crippen molar-refractivity contribution < 1.29 is 0 Å². The highest BCUT2D eigenvalue weighted by Crippen LogP contribution is 2.02.